The molecule has 15 heavy (non-hydrogen) atoms. The van der Waals surface area contributed by atoms with Crippen molar-refractivity contribution in [3.05, 3.63) is 11.1 Å². The van der Waals surface area contributed by atoms with E-state index in [1.165, 1.54) is 12.8 Å². The average molecular weight is 228 g/mol. The third kappa shape index (κ3) is 2.46. The lowest BCUT2D eigenvalue weighted by molar-refractivity contribution is -0.138. The van der Waals surface area contributed by atoms with E-state index in [1.807, 2.05) is 12.3 Å². The Hall–Kier alpha value is -0.680. The molecule has 1 saturated heterocycles. The van der Waals surface area contributed by atoms with Gasteiger partial charge in [-0.05, 0) is 26.3 Å². The van der Waals surface area contributed by atoms with Gasteiger partial charge in [0.1, 0.15) is 5.70 Å². The van der Waals surface area contributed by atoms with Gasteiger partial charge in [0, 0.05) is 11.4 Å². The molecule has 0 amide bonds. The molecular weight excluding hydrogens is 212 g/mol. The number of nitrogens with one attached hydrogen (secondary N) is 2. The van der Waals surface area contributed by atoms with Crippen molar-refractivity contribution in [1.82, 2.24) is 10.6 Å². The molecule has 0 aliphatic carbocycles. The monoisotopic (exact) mass is 228 g/mol. The predicted molar refractivity (Wildman–Crippen MR) is 60.3 cm³/mol. The Morgan fingerprint density at radius 1 is 1.73 bits per heavy atom. The summed E-state index contributed by atoms with van der Waals surface area (Å²) in [6.07, 6.45) is 2.40. The van der Waals surface area contributed by atoms with Crippen molar-refractivity contribution in [1.29, 1.82) is 0 Å². The summed E-state index contributed by atoms with van der Waals surface area (Å²) in [6.45, 7) is 3.32. The SMILES string of the molecule is CCOC(=O)C1=CS[C@H]([C@@H]2CCCN2)N1. The number of carbonyl (C=O) groups excluding carboxylic acids is 1. The van der Waals surface area contributed by atoms with Crippen molar-refractivity contribution in [2.24, 2.45) is 0 Å². The fourth-order valence-corrected chi connectivity index (χ4v) is 2.91. The van der Waals surface area contributed by atoms with Gasteiger partial charge < -0.3 is 15.4 Å². The summed E-state index contributed by atoms with van der Waals surface area (Å²) in [7, 11) is 0. The van der Waals surface area contributed by atoms with Crippen LogP contribution in [0.4, 0.5) is 0 Å². The maximum absolute atomic E-state index is 11.4. The van der Waals surface area contributed by atoms with Crippen LogP contribution in [-0.4, -0.2) is 30.5 Å². The molecule has 0 aromatic carbocycles. The van der Waals surface area contributed by atoms with Crippen molar-refractivity contribution in [3.8, 4) is 0 Å². The van der Waals surface area contributed by atoms with Crippen LogP contribution in [0.15, 0.2) is 11.1 Å². The molecule has 1 fully saturated rings. The predicted octanol–water partition coefficient (Wildman–Crippen LogP) is 0.805. The Labute approximate surface area is 93.8 Å². The first kappa shape index (κ1) is 10.8. The first-order valence-electron chi connectivity index (χ1n) is 5.34. The van der Waals surface area contributed by atoms with Crippen molar-refractivity contribution >= 4 is 17.7 Å². The summed E-state index contributed by atoms with van der Waals surface area (Å²) in [5, 5.41) is 8.77. The highest BCUT2D eigenvalue weighted by Crippen LogP contribution is 2.27. The van der Waals surface area contributed by atoms with Crippen LogP contribution in [0.2, 0.25) is 0 Å². The largest absolute Gasteiger partial charge is 0.461 e. The van der Waals surface area contributed by atoms with Gasteiger partial charge in [0.25, 0.3) is 0 Å². The second-order valence-corrected chi connectivity index (χ2v) is 4.67. The van der Waals surface area contributed by atoms with Crippen LogP contribution >= 0.6 is 11.8 Å². The summed E-state index contributed by atoms with van der Waals surface area (Å²) in [5.41, 5.74) is 0.598. The number of hydrogen-bond acceptors (Lipinski definition) is 5. The van der Waals surface area contributed by atoms with Crippen LogP contribution in [0, 0.1) is 0 Å². The molecule has 2 aliphatic heterocycles. The zero-order valence-electron chi connectivity index (χ0n) is 8.79. The van der Waals surface area contributed by atoms with E-state index in [4.69, 9.17) is 4.74 Å². The molecule has 84 valence electrons. The highest BCUT2D eigenvalue weighted by molar-refractivity contribution is 8.03. The fraction of sp³-hybridized carbons (Fsp3) is 0.700. The van der Waals surface area contributed by atoms with E-state index in [2.05, 4.69) is 10.6 Å². The third-order valence-electron chi connectivity index (χ3n) is 2.59. The van der Waals surface area contributed by atoms with Gasteiger partial charge in [0.05, 0.1) is 12.0 Å². The molecule has 0 aromatic heterocycles. The van der Waals surface area contributed by atoms with E-state index >= 15 is 0 Å². The molecule has 4 nitrogen and oxygen atoms in total. The number of esters is 1. The van der Waals surface area contributed by atoms with Crippen LogP contribution in [0.5, 0.6) is 0 Å². The minimum atomic E-state index is -0.245. The van der Waals surface area contributed by atoms with E-state index in [-0.39, 0.29) is 11.3 Å². The second-order valence-electron chi connectivity index (χ2n) is 3.66. The molecule has 5 heteroatoms. The molecule has 2 heterocycles. The van der Waals surface area contributed by atoms with Gasteiger partial charge in [0.15, 0.2) is 0 Å². The average Bonchev–Trinajstić information content (AvgIpc) is 2.89. The van der Waals surface area contributed by atoms with E-state index in [0.29, 0.717) is 18.3 Å². The summed E-state index contributed by atoms with van der Waals surface area (Å²) >= 11 is 1.67. The van der Waals surface area contributed by atoms with Gasteiger partial charge in [-0.25, -0.2) is 4.79 Å². The Morgan fingerprint density at radius 3 is 3.27 bits per heavy atom. The third-order valence-corrected chi connectivity index (χ3v) is 3.70. The topological polar surface area (TPSA) is 50.4 Å². The Kier molecular flexibility index (Phi) is 3.53. The lowest BCUT2D eigenvalue weighted by Gasteiger charge is -2.19. The molecule has 0 spiro atoms. The van der Waals surface area contributed by atoms with E-state index < -0.39 is 0 Å². The van der Waals surface area contributed by atoms with Crippen molar-refractivity contribution in [3.63, 3.8) is 0 Å². The highest BCUT2D eigenvalue weighted by atomic mass is 32.2. The van der Waals surface area contributed by atoms with Gasteiger partial charge in [0.2, 0.25) is 0 Å². The maximum Gasteiger partial charge on any atom is 0.354 e. The Bertz CT molecular complexity index is 275. The van der Waals surface area contributed by atoms with Gasteiger partial charge in [-0.15, -0.1) is 11.8 Å². The summed E-state index contributed by atoms with van der Waals surface area (Å²) < 4.78 is 4.93. The van der Waals surface area contributed by atoms with E-state index in [9.17, 15) is 4.79 Å². The van der Waals surface area contributed by atoms with Crippen LogP contribution in [-0.2, 0) is 9.53 Å². The molecular formula is C10H16N2O2S. The molecule has 0 bridgehead atoms. The first-order valence-corrected chi connectivity index (χ1v) is 6.28. The van der Waals surface area contributed by atoms with Crippen molar-refractivity contribution in [2.45, 2.75) is 31.2 Å². The summed E-state index contributed by atoms with van der Waals surface area (Å²) in [6, 6.07) is 0.471. The molecule has 0 saturated carbocycles. The molecule has 0 unspecified atom stereocenters. The minimum Gasteiger partial charge on any atom is -0.461 e. The molecule has 2 rings (SSSR count). The standard InChI is InChI=1S/C10H16N2O2S/c1-2-14-10(13)8-6-15-9(12-8)7-4-3-5-11-7/h6-7,9,11-12H,2-5H2,1H3/t7-,9+/m0/s1. The zero-order chi connectivity index (χ0) is 10.7. The molecule has 2 atom stereocenters. The van der Waals surface area contributed by atoms with Crippen LogP contribution in [0.25, 0.3) is 0 Å². The molecule has 2 aliphatic rings. The fourth-order valence-electron chi connectivity index (χ4n) is 1.84. The van der Waals surface area contributed by atoms with Crippen LogP contribution < -0.4 is 10.6 Å². The second kappa shape index (κ2) is 4.90. The number of thioether (sulfide) groups is 1. The van der Waals surface area contributed by atoms with E-state index in [1.54, 1.807) is 11.8 Å². The van der Waals surface area contributed by atoms with Gasteiger partial charge in [-0.1, -0.05) is 0 Å². The minimum absolute atomic E-state index is 0.245. The number of ether oxygens (including phenoxy) is 1. The van der Waals surface area contributed by atoms with Crippen molar-refractivity contribution in [2.75, 3.05) is 13.2 Å². The Balaban J connectivity index is 1.84. The molecule has 0 aromatic rings. The lowest BCUT2D eigenvalue weighted by Crippen LogP contribution is -2.40. The lowest BCUT2D eigenvalue weighted by atomic mass is 10.2. The summed E-state index contributed by atoms with van der Waals surface area (Å²) in [5.74, 6) is -0.245. The maximum atomic E-state index is 11.4. The highest BCUT2D eigenvalue weighted by Gasteiger charge is 2.30. The van der Waals surface area contributed by atoms with E-state index in [0.717, 1.165) is 6.54 Å². The molecule has 2 N–H and O–H groups in total. The number of rotatable bonds is 3. The zero-order valence-corrected chi connectivity index (χ0v) is 9.60. The Morgan fingerprint density at radius 2 is 2.60 bits per heavy atom. The smallest absolute Gasteiger partial charge is 0.354 e. The molecule has 0 radical (unpaired) electrons. The normalized spacial score (nSPS) is 29.8. The number of hydrogen-bond donors (Lipinski definition) is 2. The van der Waals surface area contributed by atoms with Crippen LogP contribution in [0.1, 0.15) is 19.8 Å². The van der Waals surface area contributed by atoms with Crippen molar-refractivity contribution < 1.29 is 9.53 Å². The van der Waals surface area contributed by atoms with Gasteiger partial charge >= 0.3 is 5.97 Å². The van der Waals surface area contributed by atoms with Crippen LogP contribution in [0.3, 0.4) is 0 Å². The quantitative estimate of drug-likeness (QED) is 0.700. The first-order chi connectivity index (χ1) is 7.31. The van der Waals surface area contributed by atoms with Gasteiger partial charge in [-0.3, -0.25) is 0 Å². The van der Waals surface area contributed by atoms with Gasteiger partial charge in [-0.2, -0.15) is 0 Å². The summed E-state index contributed by atoms with van der Waals surface area (Å²) in [4.78, 5) is 11.4. The number of carbonyl (C=O) groups is 1.